The van der Waals surface area contributed by atoms with Gasteiger partial charge >= 0.3 is 0 Å². The van der Waals surface area contributed by atoms with Crippen LogP contribution in [0, 0.1) is 0 Å². The fraction of sp³-hybridized carbons (Fsp3) is 0. The molecule has 6 nitrogen and oxygen atoms in total. The van der Waals surface area contributed by atoms with E-state index < -0.39 is 11.8 Å². The molecule has 0 saturated carbocycles. The summed E-state index contributed by atoms with van der Waals surface area (Å²) in [5, 5.41) is 7.90. The first-order valence-corrected chi connectivity index (χ1v) is 10.4. The third-order valence-electron chi connectivity index (χ3n) is 3.84. The van der Waals surface area contributed by atoms with Gasteiger partial charge in [-0.05, 0) is 53.6 Å². The number of hydrogen-bond acceptors (Lipinski definition) is 4. The average Bonchev–Trinajstić information content (AvgIpc) is 2.74. The predicted molar refractivity (Wildman–Crippen MR) is 125 cm³/mol. The van der Waals surface area contributed by atoms with E-state index in [1.807, 2.05) is 48.5 Å². The van der Waals surface area contributed by atoms with Crippen molar-refractivity contribution in [1.29, 1.82) is 0 Å². The zero-order chi connectivity index (χ0) is 21.3. The molecule has 0 aliphatic rings. The smallest absolute Gasteiger partial charge is 0.267 e. The quantitative estimate of drug-likeness (QED) is 0.358. The van der Waals surface area contributed by atoms with Gasteiger partial charge in [-0.2, -0.15) is 10.2 Å². The number of amides is 2. The molecule has 0 aliphatic carbocycles. The Balaban J connectivity index is 1.60. The zero-order valence-corrected chi connectivity index (χ0v) is 18.7. The summed E-state index contributed by atoms with van der Waals surface area (Å²) in [6.45, 7) is 0. The second-order valence-electron chi connectivity index (χ2n) is 6.09. The number of hydrazone groups is 2. The molecule has 0 aliphatic heterocycles. The fourth-order valence-corrected chi connectivity index (χ4v) is 3.27. The molecule has 0 saturated heterocycles. The lowest BCUT2D eigenvalue weighted by atomic mass is 10.1. The van der Waals surface area contributed by atoms with Crippen LogP contribution in [0.25, 0.3) is 0 Å². The van der Waals surface area contributed by atoms with Crippen molar-refractivity contribution in [2.75, 3.05) is 0 Å². The van der Waals surface area contributed by atoms with E-state index >= 15 is 0 Å². The Morgan fingerprint density at radius 2 is 1.10 bits per heavy atom. The second kappa shape index (κ2) is 10.6. The van der Waals surface area contributed by atoms with Gasteiger partial charge in [0.05, 0.1) is 12.4 Å². The van der Waals surface area contributed by atoms with Gasteiger partial charge in [0.15, 0.2) is 0 Å². The number of hydrogen-bond donors (Lipinski definition) is 2. The van der Waals surface area contributed by atoms with E-state index in [-0.39, 0.29) is 0 Å². The molecular formula is C22H16Br2N4O2. The number of carbonyl (C=O) groups excluding carboxylic acids is 2. The van der Waals surface area contributed by atoms with E-state index in [9.17, 15) is 9.59 Å². The molecule has 2 amide bonds. The number of benzene rings is 3. The second-order valence-corrected chi connectivity index (χ2v) is 7.92. The number of nitrogens with one attached hydrogen (secondary N) is 2. The molecule has 0 radical (unpaired) electrons. The van der Waals surface area contributed by atoms with E-state index in [0.717, 1.165) is 20.1 Å². The Hall–Kier alpha value is -3.10. The highest BCUT2D eigenvalue weighted by atomic mass is 79.9. The van der Waals surface area contributed by atoms with Gasteiger partial charge in [-0.15, -0.1) is 0 Å². The van der Waals surface area contributed by atoms with Crippen molar-refractivity contribution in [3.63, 3.8) is 0 Å². The lowest BCUT2D eigenvalue weighted by Crippen LogP contribution is -2.20. The Bertz CT molecular complexity index is 1040. The molecule has 0 aromatic heterocycles. The van der Waals surface area contributed by atoms with Crippen molar-refractivity contribution in [2.45, 2.75) is 0 Å². The van der Waals surface area contributed by atoms with Crippen LogP contribution >= 0.6 is 31.9 Å². The first kappa shape index (κ1) is 21.6. The highest BCUT2D eigenvalue weighted by Gasteiger charge is 2.09. The maximum Gasteiger partial charge on any atom is 0.271 e. The Morgan fingerprint density at radius 3 is 1.53 bits per heavy atom. The van der Waals surface area contributed by atoms with E-state index in [2.05, 4.69) is 52.9 Å². The minimum absolute atomic E-state index is 0.310. The monoisotopic (exact) mass is 526 g/mol. The van der Waals surface area contributed by atoms with Gasteiger partial charge in [0.25, 0.3) is 11.8 Å². The van der Waals surface area contributed by atoms with Crippen molar-refractivity contribution in [1.82, 2.24) is 10.9 Å². The molecule has 3 aromatic carbocycles. The highest BCUT2D eigenvalue weighted by Crippen LogP contribution is 2.11. The normalized spacial score (nSPS) is 11.0. The topological polar surface area (TPSA) is 82.9 Å². The standard InChI is InChI=1S/C22H16Br2N4O2/c23-19-8-1-4-15(10-19)13-25-27-21(29)17-6-3-7-18(12-17)22(30)28-26-14-16-5-2-9-20(24)11-16/h1-14H,(H,27,29)(H,28,30). The van der Waals surface area contributed by atoms with Gasteiger partial charge in [-0.25, -0.2) is 10.9 Å². The first-order valence-electron chi connectivity index (χ1n) is 8.79. The van der Waals surface area contributed by atoms with Gasteiger partial charge in [-0.1, -0.05) is 62.2 Å². The van der Waals surface area contributed by atoms with Gasteiger partial charge < -0.3 is 0 Å². The zero-order valence-electron chi connectivity index (χ0n) is 15.5. The van der Waals surface area contributed by atoms with Crippen LogP contribution < -0.4 is 10.9 Å². The molecule has 0 unspecified atom stereocenters. The van der Waals surface area contributed by atoms with Crippen molar-refractivity contribution >= 4 is 56.1 Å². The SMILES string of the molecule is O=C(NN=Cc1cccc(Br)c1)c1cccc(C(=O)NN=Cc2cccc(Br)c2)c1. The summed E-state index contributed by atoms with van der Waals surface area (Å²) >= 11 is 6.75. The van der Waals surface area contributed by atoms with Crippen LogP contribution in [0.2, 0.25) is 0 Å². The van der Waals surface area contributed by atoms with Crippen LogP contribution in [0.5, 0.6) is 0 Å². The third-order valence-corrected chi connectivity index (χ3v) is 4.83. The third kappa shape index (κ3) is 6.47. The van der Waals surface area contributed by atoms with Crippen molar-refractivity contribution < 1.29 is 9.59 Å². The summed E-state index contributed by atoms with van der Waals surface area (Å²) in [6, 6.07) is 21.3. The summed E-state index contributed by atoms with van der Waals surface area (Å²) in [7, 11) is 0. The lowest BCUT2D eigenvalue weighted by Gasteiger charge is -2.04. The summed E-state index contributed by atoms with van der Waals surface area (Å²) in [5.41, 5.74) is 7.19. The Kier molecular flexibility index (Phi) is 7.64. The van der Waals surface area contributed by atoms with Crippen molar-refractivity contribution in [2.24, 2.45) is 10.2 Å². The van der Waals surface area contributed by atoms with Gasteiger partial charge in [0.2, 0.25) is 0 Å². The fourth-order valence-electron chi connectivity index (χ4n) is 2.44. The molecule has 3 aromatic rings. The molecular weight excluding hydrogens is 512 g/mol. The summed E-state index contributed by atoms with van der Waals surface area (Å²) in [6.07, 6.45) is 3.08. The molecule has 0 bridgehead atoms. The van der Waals surface area contributed by atoms with Crippen molar-refractivity contribution in [3.8, 4) is 0 Å². The number of carbonyl (C=O) groups is 2. The largest absolute Gasteiger partial charge is 0.271 e. The molecule has 0 spiro atoms. The van der Waals surface area contributed by atoms with Crippen LogP contribution in [0.15, 0.2) is 91.9 Å². The molecule has 0 heterocycles. The van der Waals surface area contributed by atoms with E-state index in [1.54, 1.807) is 18.2 Å². The van der Waals surface area contributed by atoms with Gasteiger partial charge in [0.1, 0.15) is 0 Å². The van der Waals surface area contributed by atoms with Crippen molar-refractivity contribution in [3.05, 3.63) is 104 Å². The first-order chi connectivity index (χ1) is 14.5. The molecule has 2 N–H and O–H groups in total. The number of nitrogens with zero attached hydrogens (tertiary/aromatic N) is 2. The number of rotatable bonds is 6. The molecule has 0 fully saturated rings. The minimum atomic E-state index is -0.423. The maximum absolute atomic E-state index is 12.3. The molecule has 150 valence electrons. The maximum atomic E-state index is 12.3. The van der Waals surface area contributed by atoms with Crippen LogP contribution in [-0.2, 0) is 0 Å². The Morgan fingerprint density at radius 1 is 0.667 bits per heavy atom. The van der Waals surface area contributed by atoms with Crippen LogP contribution in [0.3, 0.4) is 0 Å². The van der Waals surface area contributed by atoms with E-state index in [1.165, 1.54) is 18.5 Å². The predicted octanol–water partition coefficient (Wildman–Crippen LogP) is 4.74. The number of halogens is 2. The minimum Gasteiger partial charge on any atom is -0.267 e. The average molecular weight is 528 g/mol. The molecule has 8 heteroatoms. The Labute approximate surface area is 190 Å². The van der Waals surface area contributed by atoms with Crippen LogP contribution in [-0.4, -0.2) is 24.2 Å². The molecule has 30 heavy (non-hydrogen) atoms. The van der Waals surface area contributed by atoms with Gasteiger partial charge in [-0.3, -0.25) is 9.59 Å². The molecule has 3 rings (SSSR count). The van der Waals surface area contributed by atoms with Crippen LogP contribution in [0.1, 0.15) is 31.8 Å². The van der Waals surface area contributed by atoms with Crippen LogP contribution in [0.4, 0.5) is 0 Å². The summed E-state index contributed by atoms with van der Waals surface area (Å²) < 4.78 is 1.83. The highest BCUT2D eigenvalue weighted by molar-refractivity contribution is 9.10. The molecule has 0 atom stereocenters. The summed E-state index contributed by atoms with van der Waals surface area (Å²) in [5.74, 6) is -0.845. The summed E-state index contributed by atoms with van der Waals surface area (Å²) in [4.78, 5) is 24.6. The van der Waals surface area contributed by atoms with Gasteiger partial charge in [0, 0.05) is 20.1 Å². The lowest BCUT2D eigenvalue weighted by molar-refractivity contribution is 0.0954. The van der Waals surface area contributed by atoms with E-state index in [4.69, 9.17) is 0 Å². The van der Waals surface area contributed by atoms with E-state index in [0.29, 0.717) is 11.1 Å².